The van der Waals surface area contributed by atoms with Crippen LogP contribution in [0.3, 0.4) is 0 Å². The summed E-state index contributed by atoms with van der Waals surface area (Å²) in [7, 11) is 0. The second kappa shape index (κ2) is 7.09. The van der Waals surface area contributed by atoms with Crippen molar-refractivity contribution in [3.05, 3.63) is 52.3 Å². The lowest BCUT2D eigenvalue weighted by Crippen LogP contribution is -2.46. The van der Waals surface area contributed by atoms with Crippen LogP contribution in [-0.4, -0.2) is 45.6 Å². The van der Waals surface area contributed by atoms with Crippen molar-refractivity contribution in [3.8, 4) is 0 Å². The maximum absolute atomic E-state index is 13.2. The second-order valence-electron chi connectivity index (χ2n) is 5.68. The summed E-state index contributed by atoms with van der Waals surface area (Å²) in [6.45, 7) is -0.351. The molecule has 7 nitrogen and oxygen atoms in total. The van der Waals surface area contributed by atoms with E-state index in [0.29, 0.717) is 31.9 Å². The van der Waals surface area contributed by atoms with E-state index >= 15 is 0 Å². The molecule has 1 saturated heterocycles. The van der Waals surface area contributed by atoms with Crippen LogP contribution in [0.2, 0.25) is 0 Å². The summed E-state index contributed by atoms with van der Waals surface area (Å²) < 4.78 is 39.8. The number of imidazole rings is 1. The average Bonchev–Trinajstić information content (AvgIpc) is 3.04. The van der Waals surface area contributed by atoms with Gasteiger partial charge in [-0.3, -0.25) is 19.6 Å². The lowest BCUT2D eigenvalue weighted by atomic mass is 10.2. The van der Waals surface area contributed by atoms with Crippen LogP contribution < -0.4 is 4.90 Å². The maximum Gasteiger partial charge on any atom is 0.319 e. The zero-order chi connectivity index (χ0) is 18.0. The highest BCUT2D eigenvalue weighted by Gasteiger charge is 2.25. The van der Waals surface area contributed by atoms with Gasteiger partial charge in [-0.25, -0.2) is 9.37 Å². The molecule has 0 amide bonds. The summed E-state index contributed by atoms with van der Waals surface area (Å²) in [5.74, 6) is -0.385. The molecule has 1 aliphatic heterocycles. The van der Waals surface area contributed by atoms with Crippen molar-refractivity contribution in [1.29, 1.82) is 0 Å². The number of rotatable bonds is 5. The number of hydrogen-bond donors (Lipinski definition) is 0. The quantitative estimate of drug-likeness (QED) is 0.609. The van der Waals surface area contributed by atoms with Crippen LogP contribution in [-0.2, 0) is 6.54 Å². The molecule has 0 aliphatic carbocycles. The molecule has 25 heavy (non-hydrogen) atoms. The minimum absolute atomic E-state index is 0.274. The molecule has 0 unspecified atom stereocenters. The summed E-state index contributed by atoms with van der Waals surface area (Å²) in [6.07, 6.45) is 2.57. The molecular weight excluding hydrogens is 339 g/mol. The Morgan fingerprint density at radius 1 is 1.24 bits per heavy atom. The van der Waals surface area contributed by atoms with E-state index in [9.17, 15) is 23.3 Å². The molecule has 2 heterocycles. The Bertz CT molecular complexity index is 759. The summed E-state index contributed by atoms with van der Waals surface area (Å²) >= 11 is 0. The van der Waals surface area contributed by atoms with Gasteiger partial charge in [-0.2, -0.15) is 8.78 Å². The summed E-state index contributed by atoms with van der Waals surface area (Å²) in [6, 6.07) is 3.49. The van der Waals surface area contributed by atoms with E-state index in [1.165, 1.54) is 24.5 Å². The lowest BCUT2D eigenvalue weighted by molar-refractivity contribution is -0.384. The first-order chi connectivity index (χ1) is 12.0. The smallest absolute Gasteiger partial charge is 0.319 e. The molecule has 1 aliphatic rings. The van der Waals surface area contributed by atoms with Crippen molar-refractivity contribution in [1.82, 2.24) is 14.5 Å². The number of nitro groups is 1. The summed E-state index contributed by atoms with van der Waals surface area (Å²) in [5.41, 5.74) is 0.0850. The molecule has 1 aromatic carbocycles. The fraction of sp³-hybridized carbons (Fsp3) is 0.400. The van der Waals surface area contributed by atoms with Gasteiger partial charge < -0.3 is 4.90 Å². The Labute approximate surface area is 141 Å². The minimum Gasteiger partial charge on any atom is -0.363 e. The van der Waals surface area contributed by atoms with Gasteiger partial charge in [0.15, 0.2) is 0 Å². The van der Waals surface area contributed by atoms with Gasteiger partial charge in [0.25, 0.3) is 5.69 Å². The standard InChI is InChI=1S/C15H16F3N5O2/c16-11-1-2-12(13(9-11)23(24)25)21-7-5-20(6-8-21)10-14-19-3-4-22(14)15(17)18/h1-4,9,15H,5-8,10H2. The molecule has 0 radical (unpaired) electrons. The average molecular weight is 355 g/mol. The number of halogens is 3. The van der Waals surface area contributed by atoms with Crippen LogP contribution >= 0.6 is 0 Å². The zero-order valence-electron chi connectivity index (χ0n) is 13.2. The molecule has 0 N–H and O–H groups in total. The fourth-order valence-electron chi connectivity index (χ4n) is 2.90. The van der Waals surface area contributed by atoms with Crippen LogP contribution in [0.4, 0.5) is 24.5 Å². The van der Waals surface area contributed by atoms with Gasteiger partial charge in [-0.15, -0.1) is 0 Å². The van der Waals surface area contributed by atoms with Crippen molar-refractivity contribution < 1.29 is 18.1 Å². The third-order valence-corrected chi connectivity index (χ3v) is 4.17. The first kappa shape index (κ1) is 17.2. The number of nitrogens with zero attached hydrogens (tertiary/aromatic N) is 5. The number of anilines is 1. The van der Waals surface area contributed by atoms with Crippen molar-refractivity contribution in [3.63, 3.8) is 0 Å². The molecule has 1 fully saturated rings. The minimum atomic E-state index is -2.64. The molecule has 0 atom stereocenters. The van der Waals surface area contributed by atoms with Crippen molar-refractivity contribution >= 4 is 11.4 Å². The van der Waals surface area contributed by atoms with Crippen LogP contribution in [0.25, 0.3) is 0 Å². The van der Waals surface area contributed by atoms with Gasteiger partial charge in [0.2, 0.25) is 0 Å². The maximum atomic E-state index is 13.2. The molecule has 2 aromatic rings. The van der Waals surface area contributed by atoms with Crippen molar-refractivity contribution in [2.75, 3.05) is 31.1 Å². The van der Waals surface area contributed by atoms with E-state index < -0.39 is 17.3 Å². The van der Waals surface area contributed by atoms with E-state index in [-0.39, 0.29) is 18.1 Å². The number of aromatic nitrogens is 2. The van der Waals surface area contributed by atoms with Crippen molar-refractivity contribution in [2.45, 2.75) is 13.1 Å². The largest absolute Gasteiger partial charge is 0.363 e. The van der Waals surface area contributed by atoms with Gasteiger partial charge in [0.1, 0.15) is 17.3 Å². The molecule has 10 heteroatoms. The van der Waals surface area contributed by atoms with Crippen molar-refractivity contribution in [2.24, 2.45) is 0 Å². The highest BCUT2D eigenvalue weighted by molar-refractivity contribution is 5.63. The van der Waals surface area contributed by atoms with Crippen LogP contribution in [0.15, 0.2) is 30.6 Å². The monoisotopic (exact) mass is 355 g/mol. The zero-order valence-corrected chi connectivity index (χ0v) is 13.2. The molecule has 134 valence electrons. The third-order valence-electron chi connectivity index (χ3n) is 4.17. The van der Waals surface area contributed by atoms with Gasteiger partial charge in [-0.05, 0) is 12.1 Å². The van der Waals surface area contributed by atoms with E-state index in [2.05, 4.69) is 4.98 Å². The summed E-state index contributed by atoms with van der Waals surface area (Å²) in [4.78, 5) is 18.2. The number of hydrogen-bond acceptors (Lipinski definition) is 5. The Kier molecular flexibility index (Phi) is 4.88. The predicted octanol–water partition coefficient (Wildman–Crippen LogP) is 2.65. The predicted molar refractivity (Wildman–Crippen MR) is 84.0 cm³/mol. The fourth-order valence-corrected chi connectivity index (χ4v) is 2.90. The number of nitro benzene ring substituents is 1. The van der Waals surface area contributed by atoms with Crippen LogP contribution in [0, 0.1) is 15.9 Å². The van der Waals surface area contributed by atoms with Crippen LogP contribution in [0.1, 0.15) is 12.4 Å². The van der Waals surface area contributed by atoms with E-state index in [1.54, 1.807) is 4.90 Å². The number of benzene rings is 1. The van der Waals surface area contributed by atoms with E-state index in [0.717, 1.165) is 10.6 Å². The number of piperazine rings is 1. The third kappa shape index (κ3) is 3.73. The highest BCUT2D eigenvalue weighted by atomic mass is 19.3. The van der Waals surface area contributed by atoms with Crippen LogP contribution in [0.5, 0.6) is 0 Å². The summed E-state index contributed by atoms with van der Waals surface area (Å²) in [5, 5.41) is 11.1. The highest BCUT2D eigenvalue weighted by Crippen LogP contribution is 2.29. The first-order valence-electron chi connectivity index (χ1n) is 7.67. The SMILES string of the molecule is O=[N+]([O-])c1cc(F)ccc1N1CCN(Cc2nccn2C(F)F)CC1. The lowest BCUT2D eigenvalue weighted by Gasteiger charge is -2.35. The normalized spacial score (nSPS) is 15.8. The van der Waals surface area contributed by atoms with Gasteiger partial charge in [0, 0.05) is 38.6 Å². The Morgan fingerprint density at radius 2 is 1.96 bits per heavy atom. The number of alkyl halides is 2. The molecule has 1 aromatic heterocycles. The Balaban J connectivity index is 1.66. The molecule has 3 rings (SSSR count). The van der Waals surface area contributed by atoms with Gasteiger partial charge in [-0.1, -0.05) is 0 Å². The molecule has 0 spiro atoms. The molecule has 0 saturated carbocycles. The second-order valence-corrected chi connectivity index (χ2v) is 5.68. The van der Waals surface area contributed by atoms with Gasteiger partial charge >= 0.3 is 6.55 Å². The Hall–Kier alpha value is -2.62. The van der Waals surface area contributed by atoms with Gasteiger partial charge in [0.05, 0.1) is 17.5 Å². The Morgan fingerprint density at radius 3 is 2.60 bits per heavy atom. The van der Waals surface area contributed by atoms with E-state index in [4.69, 9.17) is 0 Å². The first-order valence-corrected chi connectivity index (χ1v) is 7.67. The molecular formula is C15H16F3N5O2. The van der Waals surface area contributed by atoms with E-state index in [1.807, 2.05) is 4.90 Å². The molecule has 0 bridgehead atoms. The topological polar surface area (TPSA) is 67.4 Å².